The maximum atomic E-state index is 9.98. The summed E-state index contributed by atoms with van der Waals surface area (Å²) in [5, 5.41) is 21.0. The Labute approximate surface area is 141 Å². The van der Waals surface area contributed by atoms with E-state index in [0.29, 0.717) is 11.5 Å². The summed E-state index contributed by atoms with van der Waals surface area (Å²) in [7, 11) is 4.15. The summed E-state index contributed by atoms with van der Waals surface area (Å²) in [6, 6.07) is 11.3. The van der Waals surface area contributed by atoms with Gasteiger partial charge in [-0.15, -0.1) is 0 Å². The Morgan fingerprint density at radius 2 is 1.75 bits per heavy atom. The zero-order valence-corrected chi connectivity index (χ0v) is 14.1. The van der Waals surface area contributed by atoms with Crippen molar-refractivity contribution >= 4 is 10.9 Å². The second kappa shape index (κ2) is 5.56. The molecule has 0 fully saturated rings. The number of aromatic hydroxyl groups is 2. The van der Waals surface area contributed by atoms with Crippen LogP contribution in [0.3, 0.4) is 0 Å². The van der Waals surface area contributed by atoms with Crippen molar-refractivity contribution in [3.05, 3.63) is 47.5 Å². The lowest BCUT2D eigenvalue weighted by atomic mass is 9.89. The van der Waals surface area contributed by atoms with Crippen molar-refractivity contribution in [2.24, 2.45) is 0 Å². The van der Waals surface area contributed by atoms with Gasteiger partial charge in [0.2, 0.25) is 0 Å². The fraction of sp³-hybridized carbons (Fsp3) is 0.300. The predicted molar refractivity (Wildman–Crippen MR) is 96.7 cm³/mol. The number of hydrogen-bond acceptors (Lipinski definition) is 3. The number of phenolic OH excluding ortho intramolecular Hbond substituents is 2. The molecule has 0 atom stereocenters. The van der Waals surface area contributed by atoms with E-state index < -0.39 is 0 Å². The molecule has 2 aromatic carbocycles. The van der Waals surface area contributed by atoms with E-state index in [2.05, 4.69) is 23.6 Å². The van der Waals surface area contributed by atoms with Gasteiger partial charge in [0.25, 0.3) is 0 Å². The van der Waals surface area contributed by atoms with Crippen LogP contribution in [0.25, 0.3) is 22.2 Å². The molecule has 4 heteroatoms. The average Bonchev–Trinajstić information content (AvgIpc) is 2.86. The Morgan fingerprint density at radius 3 is 2.54 bits per heavy atom. The minimum atomic E-state index is 0.300. The van der Waals surface area contributed by atoms with E-state index in [1.54, 1.807) is 12.1 Å². The summed E-state index contributed by atoms with van der Waals surface area (Å²) >= 11 is 0. The van der Waals surface area contributed by atoms with Crippen molar-refractivity contribution in [1.29, 1.82) is 0 Å². The predicted octanol–water partition coefficient (Wildman–Crippen LogP) is 3.38. The zero-order valence-electron chi connectivity index (χ0n) is 14.1. The van der Waals surface area contributed by atoms with Gasteiger partial charge < -0.3 is 19.7 Å². The fourth-order valence-corrected chi connectivity index (χ4v) is 3.77. The summed E-state index contributed by atoms with van der Waals surface area (Å²) in [6.07, 6.45) is 1.92. The lowest BCUT2D eigenvalue weighted by Gasteiger charge is -2.21. The highest BCUT2D eigenvalue weighted by Crippen LogP contribution is 2.42. The van der Waals surface area contributed by atoms with Crippen LogP contribution in [-0.4, -0.2) is 40.3 Å². The molecule has 0 unspecified atom stereocenters. The molecule has 4 nitrogen and oxygen atoms in total. The summed E-state index contributed by atoms with van der Waals surface area (Å²) in [5.41, 5.74) is 6.01. The molecule has 0 aliphatic heterocycles. The van der Waals surface area contributed by atoms with Gasteiger partial charge in [0, 0.05) is 29.6 Å². The van der Waals surface area contributed by atoms with Crippen LogP contribution in [0, 0.1) is 0 Å². The van der Waals surface area contributed by atoms with Gasteiger partial charge in [0.05, 0.1) is 5.69 Å². The van der Waals surface area contributed by atoms with Gasteiger partial charge in [-0.05, 0) is 68.4 Å². The van der Waals surface area contributed by atoms with Crippen LogP contribution < -0.4 is 0 Å². The molecular weight excluding hydrogens is 300 g/mol. The topological polar surface area (TPSA) is 48.6 Å². The van der Waals surface area contributed by atoms with Crippen LogP contribution in [0.5, 0.6) is 11.5 Å². The van der Waals surface area contributed by atoms with Gasteiger partial charge in [-0.2, -0.15) is 0 Å². The van der Waals surface area contributed by atoms with Crippen molar-refractivity contribution in [2.75, 3.05) is 20.6 Å². The number of hydrogen-bond donors (Lipinski definition) is 2. The summed E-state index contributed by atoms with van der Waals surface area (Å²) in [6.45, 7) is 1.81. The Kier molecular flexibility index (Phi) is 3.50. The van der Waals surface area contributed by atoms with E-state index in [4.69, 9.17) is 0 Å². The molecule has 0 radical (unpaired) electrons. The van der Waals surface area contributed by atoms with Gasteiger partial charge >= 0.3 is 0 Å². The first-order valence-electron chi connectivity index (χ1n) is 8.35. The van der Waals surface area contributed by atoms with Crippen molar-refractivity contribution in [2.45, 2.75) is 19.4 Å². The van der Waals surface area contributed by atoms with E-state index in [1.807, 2.05) is 24.3 Å². The van der Waals surface area contributed by atoms with Crippen LogP contribution in [0.1, 0.15) is 11.1 Å². The SMILES string of the molecule is CN(C)CCn1c2c(c3cc(O)ccc31)CCc1ccc(O)cc1-2. The van der Waals surface area contributed by atoms with E-state index in [0.717, 1.165) is 42.4 Å². The quantitative estimate of drug-likeness (QED) is 0.777. The molecule has 0 bridgehead atoms. The Bertz CT molecular complexity index is 925. The zero-order chi connectivity index (χ0) is 16.8. The fourth-order valence-electron chi connectivity index (χ4n) is 3.77. The van der Waals surface area contributed by atoms with Crippen LogP contribution >= 0.6 is 0 Å². The molecule has 3 aromatic rings. The highest BCUT2D eigenvalue weighted by Gasteiger charge is 2.24. The Morgan fingerprint density at radius 1 is 1.00 bits per heavy atom. The van der Waals surface area contributed by atoms with Gasteiger partial charge in [-0.3, -0.25) is 0 Å². The molecule has 2 N–H and O–H groups in total. The molecule has 0 spiro atoms. The Hall–Kier alpha value is -2.46. The molecule has 1 heterocycles. The van der Waals surface area contributed by atoms with Gasteiger partial charge in [0.15, 0.2) is 0 Å². The lowest BCUT2D eigenvalue weighted by molar-refractivity contribution is 0.387. The minimum Gasteiger partial charge on any atom is -0.508 e. The van der Waals surface area contributed by atoms with Gasteiger partial charge in [-0.25, -0.2) is 0 Å². The van der Waals surface area contributed by atoms with Gasteiger partial charge in [0.1, 0.15) is 11.5 Å². The number of benzene rings is 2. The van der Waals surface area contributed by atoms with Gasteiger partial charge in [-0.1, -0.05) is 6.07 Å². The Balaban J connectivity index is 2.00. The molecular formula is C20H22N2O2. The second-order valence-corrected chi connectivity index (χ2v) is 6.82. The van der Waals surface area contributed by atoms with Crippen molar-refractivity contribution in [3.8, 4) is 22.8 Å². The molecule has 4 rings (SSSR count). The van der Waals surface area contributed by atoms with Crippen LogP contribution in [0.2, 0.25) is 0 Å². The molecule has 24 heavy (non-hydrogen) atoms. The highest BCUT2D eigenvalue weighted by molar-refractivity contribution is 5.94. The maximum Gasteiger partial charge on any atom is 0.116 e. The molecule has 1 aliphatic rings. The van der Waals surface area contributed by atoms with Crippen molar-refractivity contribution < 1.29 is 10.2 Å². The third-order valence-electron chi connectivity index (χ3n) is 4.92. The molecule has 0 saturated carbocycles. The number of aryl methyl sites for hydroxylation is 2. The van der Waals surface area contributed by atoms with Crippen molar-refractivity contribution in [1.82, 2.24) is 9.47 Å². The monoisotopic (exact) mass is 322 g/mol. The molecule has 0 saturated heterocycles. The highest BCUT2D eigenvalue weighted by atomic mass is 16.3. The number of phenols is 2. The third kappa shape index (κ3) is 2.34. The normalized spacial score (nSPS) is 13.3. The second-order valence-electron chi connectivity index (χ2n) is 6.82. The number of likely N-dealkylation sites (N-methyl/N-ethyl adjacent to an activating group) is 1. The van der Waals surface area contributed by atoms with Crippen LogP contribution in [-0.2, 0) is 19.4 Å². The van der Waals surface area contributed by atoms with Crippen molar-refractivity contribution in [3.63, 3.8) is 0 Å². The number of nitrogens with zero attached hydrogens (tertiary/aromatic N) is 2. The summed E-state index contributed by atoms with van der Waals surface area (Å²) in [4.78, 5) is 2.17. The number of fused-ring (bicyclic) bond motifs is 5. The first-order valence-corrected chi connectivity index (χ1v) is 8.35. The van der Waals surface area contributed by atoms with Crippen LogP contribution in [0.4, 0.5) is 0 Å². The molecule has 1 aromatic heterocycles. The third-order valence-corrected chi connectivity index (χ3v) is 4.92. The standard InChI is InChI=1S/C20H22N2O2/c1-21(2)9-10-22-19-8-6-15(24)12-18(19)16-7-4-13-3-5-14(23)11-17(13)20(16)22/h3,5-6,8,11-12,23-24H,4,7,9-10H2,1-2H3. The average molecular weight is 322 g/mol. The minimum absolute atomic E-state index is 0.300. The maximum absolute atomic E-state index is 9.98. The van der Waals surface area contributed by atoms with E-state index in [-0.39, 0.29) is 0 Å². The molecule has 0 amide bonds. The first-order chi connectivity index (χ1) is 11.5. The molecule has 1 aliphatic carbocycles. The summed E-state index contributed by atoms with van der Waals surface area (Å²) < 4.78 is 2.33. The smallest absolute Gasteiger partial charge is 0.116 e. The first kappa shape index (κ1) is 15.1. The van der Waals surface area contributed by atoms with E-state index >= 15 is 0 Å². The number of rotatable bonds is 3. The largest absolute Gasteiger partial charge is 0.508 e. The van der Waals surface area contributed by atoms with E-state index in [1.165, 1.54) is 16.8 Å². The summed E-state index contributed by atoms with van der Waals surface area (Å²) in [5.74, 6) is 0.602. The lowest BCUT2D eigenvalue weighted by Crippen LogP contribution is -2.19. The molecule has 124 valence electrons. The van der Waals surface area contributed by atoms with E-state index in [9.17, 15) is 10.2 Å². The van der Waals surface area contributed by atoms with Crippen LogP contribution in [0.15, 0.2) is 36.4 Å². The number of aromatic nitrogens is 1.